The van der Waals surface area contributed by atoms with Gasteiger partial charge >= 0.3 is 5.97 Å². The van der Waals surface area contributed by atoms with E-state index >= 15 is 0 Å². The van der Waals surface area contributed by atoms with Crippen molar-refractivity contribution in [2.45, 2.75) is 6.92 Å². The largest absolute Gasteiger partial charge is 0.452 e. The molecule has 0 unspecified atom stereocenters. The van der Waals surface area contributed by atoms with Gasteiger partial charge in [0.1, 0.15) is 5.69 Å². The van der Waals surface area contributed by atoms with Crippen LogP contribution in [-0.4, -0.2) is 30.5 Å². The highest BCUT2D eigenvalue weighted by Gasteiger charge is 2.18. The number of carbonyl (C=O) groups excluding carboxylic acids is 2. The van der Waals surface area contributed by atoms with Crippen molar-refractivity contribution in [3.63, 3.8) is 0 Å². The van der Waals surface area contributed by atoms with Crippen molar-refractivity contribution in [3.8, 4) is 0 Å². The summed E-state index contributed by atoms with van der Waals surface area (Å²) < 4.78 is 4.90. The molecule has 0 spiro atoms. The average molecular weight is 378 g/mol. The lowest BCUT2D eigenvalue weighted by atomic mass is 10.1. The molecule has 2 aromatic carbocycles. The lowest BCUT2D eigenvalue weighted by Crippen LogP contribution is -2.21. The van der Waals surface area contributed by atoms with E-state index in [-0.39, 0.29) is 16.9 Å². The Labute approximate surface area is 154 Å². The molecule has 0 aliphatic heterocycles. The minimum absolute atomic E-state index is 0.0307. The van der Waals surface area contributed by atoms with Crippen LogP contribution in [0.2, 0.25) is 5.02 Å². The third-order valence-corrected chi connectivity index (χ3v) is 3.75. The SMILES string of the molecule is CNc1ccc(C(=O)OCC(=O)Nc2ccc(C)cc2Cl)cc1[N+](=O)[O-]. The number of hydrogen-bond donors (Lipinski definition) is 2. The van der Waals surface area contributed by atoms with Crippen LogP contribution in [0, 0.1) is 17.0 Å². The van der Waals surface area contributed by atoms with Crippen LogP contribution in [0.1, 0.15) is 15.9 Å². The zero-order valence-corrected chi connectivity index (χ0v) is 14.8. The van der Waals surface area contributed by atoms with E-state index in [2.05, 4.69) is 10.6 Å². The average Bonchev–Trinajstić information content (AvgIpc) is 2.61. The van der Waals surface area contributed by atoms with Gasteiger partial charge in [0.2, 0.25) is 0 Å². The van der Waals surface area contributed by atoms with Gasteiger partial charge in [0.15, 0.2) is 6.61 Å². The van der Waals surface area contributed by atoms with Crippen molar-refractivity contribution in [2.75, 3.05) is 24.3 Å². The molecule has 0 aliphatic rings. The fourth-order valence-corrected chi connectivity index (χ4v) is 2.43. The normalized spacial score (nSPS) is 10.1. The van der Waals surface area contributed by atoms with Gasteiger partial charge < -0.3 is 15.4 Å². The van der Waals surface area contributed by atoms with Gasteiger partial charge in [-0.1, -0.05) is 17.7 Å². The van der Waals surface area contributed by atoms with Crippen LogP contribution < -0.4 is 10.6 Å². The number of hydrogen-bond acceptors (Lipinski definition) is 6. The molecule has 136 valence electrons. The maximum atomic E-state index is 12.0. The third-order valence-electron chi connectivity index (χ3n) is 3.43. The smallest absolute Gasteiger partial charge is 0.338 e. The molecular formula is C17H16ClN3O5. The van der Waals surface area contributed by atoms with E-state index in [1.165, 1.54) is 19.2 Å². The number of nitro benzene ring substituents is 1. The van der Waals surface area contributed by atoms with Gasteiger partial charge in [0.05, 0.1) is 21.2 Å². The summed E-state index contributed by atoms with van der Waals surface area (Å²) in [6, 6.07) is 8.94. The molecule has 2 aromatic rings. The third kappa shape index (κ3) is 4.70. The van der Waals surface area contributed by atoms with Gasteiger partial charge in [-0.25, -0.2) is 4.79 Å². The van der Waals surface area contributed by atoms with Crippen molar-refractivity contribution < 1.29 is 19.2 Å². The zero-order valence-electron chi connectivity index (χ0n) is 14.0. The van der Waals surface area contributed by atoms with Gasteiger partial charge in [-0.15, -0.1) is 0 Å². The Morgan fingerprint density at radius 2 is 1.88 bits per heavy atom. The Morgan fingerprint density at radius 3 is 2.50 bits per heavy atom. The first-order chi connectivity index (χ1) is 12.3. The Hall–Kier alpha value is -3.13. The lowest BCUT2D eigenvalue weighted by Gasteiger charge is -2.09. The second kappa shape index (κ2) is 8.30. The number of nitrogens with one attached hydrogen (secondary N) is 2. The minimum atomic E-state index is -0.846. The van der Waals surface area contributed by atoms with E-state index in [0.717, 1.165) is 11.6 Å². The molecule has 9 heteroatoms. The summed E-state index contributed by atoms with van der Waals surface area (Å²) in [4.78, 5) is 34.3. The molecular weight excluding hydrogens is 362 g/mol. The second-order valence-electron chi connectivity index (χ2n) is 5.35. The van der Waals surface area contributed by atoms with Crippen LogP contribution in [-0.2, 0) is 9.53 Å². The van der Waals surface area contributed by atoms with E-state index < -0.39 is 23.4 Å². The number of nitrogens with zero attached hydrogens (tertiary/aromatic N) is 1. The van der Waals surface area contributed by atoms with Crippen molar-refractivity contribution >= 4 is 40.5 Å². The number of esters is 1. The molecule has 2 N–H and O–H groups in total. The molecule has 0 saturated heterocycles. The quantitative estimate of drug-likeness (QED) is 0.453. The van der Waals surface area contributed by atoms with E-state index in [1.54, 1.807) is 18.2 Å². The molecule has 0 bridgehead atoms. The van der Waals surface area contributed by atoms with Crippen LogP contribution in [0.4, 0.5) is 17.1 Å². The Balaban J connectivity index is 2.00. The molecule has 0 saturated carbocycles. The van der Waals surface area contributed by atoms with Gasteiger partial charge in [0, 0.05) is 13.1 Å². The Morgan fingerprint density at radius 1 is 1.19 bits per heavy atom. The number of halogens is 1. The van der Waals surface area contributed by atoms with Crippen LogP contribution in [0.5, 0.6) is 0 Å². The van der Waals surface area contributed by atoms with Gasteiger partial charge in [0.25, 0.3) is 11.6 Å². The molecule has 0 fully saturated rings. The summed E-state index contributed by atoms with van der Waals surface area (Å²) in [7, 11) is 1.53. The molecule has 0 aliphatic carbocycles. The molecule has 8 nitrogen and oxygen atoms in total. The number of amides is 1. The number of aryl methyl sites for hydroxylation is 1. The van der Waals surface area contributed by atoms with Gasteiger partial charge in [-0.2, -0.15) is 0 Å². The minimum Gasteiger partial charge on any atom is -0.452 e. The predicted molar refractivity (Wildman–Crippen MR) is 97.7 cm³/mol. The molecule has 0 radical (unpaired) electrons. The van der Waals surface area contributed by atoms with Crippen molar-refractivity contribution in [1.29, 1.82) is 0 Å². The number of anilines is 2. The van der Waals surface area contributed by atoms with Crippen LogP contribution in [0.25, 0.3) is 0 Å². The van der Waals surface area contributed by atoms with Gasteiger partial charge in [-0.3, -0.25) is 14.9 Å². The van der Waals surface area contributed by atoms with E-state index in [9.17, 15) is 19.7 Å². The number of benzene rings is 2. The van der Waals surface area contributed by atoms with Crippen molar-refractivity contribution in [3.05, 3.63) is 62.7 Å². The summed E-state index contributed by atoms with van der Waals surface area (Å²) in [6.07, 6.45) is 0. The fourth-order valence-electron chi connectivity index (χ4n) is 2.14. The van der Waals surface area contributed by atoms with E-state index in [4.69, 9.17) is 16.3 Å². The van der Waals surface area contributed by atoms with E-state index in [0.29, 0.717) is 10.7 Å². The molecule has 0 aromatic heterocycles. The number of nitro groups is 1. The number of ether oxygens (including phenoxy) is 1. The molecule has 0 atom stereocenters. The molecule has 26 heavy (non-hydrogen) atoms. The summed E-state index contributed by atoms with van der Waals surface area (Å²) in [5.74, 6) is -1.42. The summed E-state index contributed by atoms with van der Waals surface area (Å²) in [5.41, 5.74) is 1.30. The highest BCUT2D eigenvalue weighted by molar-refractivity contribution is 6.33. The van der Waals surface area contributed by atoms with Crippen LogP contribution >= 0.6 is 11.6 Å². The zero-order chi connectivity index (χ0) is 19.3. The van der Waals surface area contributed by atoms with Crippen molar-refractivity contribution in [2.24, 2.45) is 0 Å². The Bertz CT molecular complexity index is 869. The van der Waals surface area contributed by atoms with Crippen molar-refractivity contribution in [1.82, 2.24) is 0 Å². The first kappa shape index (κ1) is 19.2. The van der Waals surface area contributed by atoms with E-state index in [1.807, 2.05) is 6.92 Å². The predicted octanol–water partition coefficient (Wildman–Crippen LogP) is 3.39. The standard InChI is InChI=1S/C17H16ClN3O5/c1-10-3-5-13(12(18)7-10)20-16(22)9-26-17(23)11-4-6-14(19-2)15(8-11)21(24)25/h3-8,19H,9H2,1-2H3,(H,20,22). The first-order valence-corrected chi connectivity index (χ1v) is 7.89. The monoisotopic (exact) mass is 377 g/mol. The van der Waals surface area contributed by atoms with Crippen LogP contribution in [0.15, 0.2) is 36.4 Å². The number of carbonyl (C=O) groups is 2. The molecule has 2 rings (SSSR count). The van der Waals surface area contributed by atoms with Gasteiger partial charge in [-0.05, 0) is 36.8 Å². The fraction of sp³-hybridized carbons (Fsp3) is 0.176. The first-order valence-electron chi connectivity index (χ1n) is 7.51. The maximum Gasteiger partial charge on any atom is 0.338 e. The highest BCUT2D eigenvalue weighted by atomic mass is 35.5. The topological polar surface area (TPSA) is 111 Å². The van der Waals surface area contributed by atoms with Crippen LogP contribution in [0.3, 0.4) is 0 Å². The second-order valence-corrected chi connectivity index (χ2v) is 5.75. The molecule has 0 heterocycles. The summed E-state index contributed by atoms with van der Waals surface area (Å²) in [5, 5.41) is 16.6. The number of rotatable bonds is 6. The highest BCUT2D eigenvalue weighted by Crippen LogP contribution is 2.25. The summed E-state index contributed by atoms with van der Waals surface area (Å²) in [6.45, 7) is 1.31. The molecule has 1 amide bonds. The maximum absolute atomic E-state index is 12.0. The Kier molecular flexibility index (Phi) is 6.13. The summed E-state index contributed by atoms with van der Waals surface area (Å²) >= 11 is 6.02. The lowest BCUT2D eigenvalue weighted by molar-refractivity contribution is -0.384.